The first-order valence-electron chi connectivity index (χ1n) is 7.76. The van der Waals surface area contributed by atoms with Gasteiger partial charge in [-0.15, -0.1) is 0 Å². The number of hydrogen-bond acceptors (Lipinski definition) is 3. The SMILES string of the molecule is CCCNC(C)c1ccccc1OCC(=O)NCC(C)C. The van der Waals surface area contributed by atoms with Crippen LogP contribution in [-0.2, 0) is 4.79 Å². The topological polar surface area (TPSA) is 50.4 Å². The van der Waals surface area contributed by atoms with Crippen LogP contribution in [0.2, 0.25) is 0 Å². The van der Waals surface area contributed by atoms with Gasteiger partial charge in [0.05, 0.1) is 0 Å². The van der Waals surface area contributed by atoms with Crippen molar-refractivity contribution in [1.82, 2.24) is 10.6 Å². The van der Waals surface area contributed by atoms with Gasteiger partial charge in [0.15, 0.2) is 6.61 Å². The Morgan fingerprint density at radius 2 is 1.95 bits per heavy atom. The van der Waals surface area contributed by atoms with Gasteiger partial charge >= 0.3 is 0 Å². The van der Waals surface area contributed by atoms with E-state index in [0.29, 0.717) is 12.5 Å². The molecule has 1 unspecified atom stereocenters. The Balaban J connectivity index is 2.56. The fourth-order valence-electron chi connectivity index (χ4n) is 1.95. The maximum Gasteiger partial charge on any atom is 0.257 e. The maximum atomic E-state index is 11.7. The molecular weight excluding hydrogens is 264 g/mol. The third-order valence-electron chi connectivity index (χ3n) is 3.15. The molecule has 1 atom stereocenters. The third-order valence-corrected chi connectivity index (χ3v) is 3.15. The van der Waals surface area contributed by atoms with E-state index in [-0.39, 0.29) is 18.6 Å². The molecular formula is C17H28N2O2. The average Bonchev–Trinajstić information content (AvgIpc) is 2.48. The van der Waals surface area contributed by atoms with Gasteiger partial charge < -0.3 is 15.4 Å². The lowest BCUT2D eigenvalue weighted by Gasteiger charge is -2.18. The van der Waals surface area contributed by atoms with Gasteiger partial charge in [0, 0.05) is 18.2 Å². The van der Waals surface area contributed by atoms with Gasteiger partial charge in [-0.25, -0.2) is 0 Å². The molecule has 0 spiro atoms. The highest BCUT2D eigenvalue weighted by Gasteiger charge is 2.11. The van der Waals surface area contributed by atoms with Crippen molar-refractivity contribution in [3.63, 3.8) is 0 Å². The van der Waals surface area contributed by atoms with Gasteiger partial charge in [0.2, 0.25) is 0 Å². The molecule has 0 saturated heterocycles. The molecule has 1 amide bonds. The zero-order valence-electron chi connectivity index (χ0n) is 13.6. The number of rotatable bonds is 9. The number of benzene rings is 1. The number of amides is 1. The number of carbonyl (C=O) groups is 1. The van der Waals surface area contributed by atoms with Gasteiger partial charge in [-0.05, 0) is 31.9 Å². The summed E-state index contributed by atoms with van der Waals surface area (Å²) >= 11 is 0. The number of para-hydroxylation sites is 1. The predicted octanol–water partition coefficient (Wildman–Crippen LogP) is 2.90. The molecule has 2 N–H and O–H groups in total. The zero-order valence-corrected chi connectivity index (χ0v) is 13.6. The molecule has 0 aliphatic carbocycles. The molecule has 1 rings (SSSR count). The Morgan fingerprint density at radius 1 is 1.24 bits per heavy atom. The van der Waals surface area contributed by atoms with E-state index in [1.807, 2.05) is 24.3 Å². The van der Waals surface area contributed by atoms with Gasteiger partial charge in [0.1, 0.15) is 5.75 Å². The molecule has 0 aromatic heterocycles. The van der Waals surface area contributed by atoms with Crippen LogP contribution in [0, 0.1) is 5.92 Å². The molecule has 1 aromatic carbocycles. The first-order valence-corrected chi connectivity index (χ1v) is 7.76. The van der Waals surface area contributed by atoms with Gasteiger partial charge in [-0.1, -0.05) is 39.0 Å². The summed E-state index contributed by atoms with van der Waals surface area (Å²) in [5.74, 6) is 1.14. The quantitative estimate of drug-likeness (QED) is 0.736. The van der Waals surface area contributed by atoms with Crippen molar-refractivity contribution in [2.24, 2.45) is 5.92 Å². The van der Waals surface area contributed by atoms with Crippen molar-refractivity contribution in [3.8, 4) is 5.75 Å². The van der Waals surface area contributed by atoms with E-state index in [2.05, 4.69) is 38.3 Å². The maximum absolute atomic E-state index is 11.7. The summed E-state index contributed by atoms with van der Waals surface area (Å²) in [5.41, 5.74) is 1.09. The summed E-state index contributed by atoms with van der Waals surface area (Å²) in [4.78, 5) is 11.7. The van der Waals surface area contributed by atoms with Gasteiger partial charge in [-0.2, -0.15) is 0 Å². The number of nitrogens with one attached hydrogen (secondary N) is 2. The van der Waals surface area contributed by atoms with E-state index < -0.39 is 0 Å². The number of carbonyl (C=O) groups excluding carboxylic acids is 1. The molecule has 0 aliphatic rings. The molecule has 118 valence electrons. The predicted molar refractivity (Wildman–Crippen MR) is 86.5 cm³/mol. The molecule has 0 aliphatic heterocycles. The summed E-state index contributed by atoms with van der Waals surface area (Å²) in [5, 5.41) is 6.29. The molecule has 0 saturated carbocycles. The van der Waals surface area contributed by atoms with Crippen LogP contribution in [-0.4, -0.2) is 25.6 Å². The minimum absolute atomic E-state index is 0.0598. The lowest BCUT2D eigenvalue weighted by Crippen LogP contribution is -2.32. The summed E-state index contributed by atoms with van der Waals surface area (Å²) in [6, 6.07) is 8.08. The molecule has 21 heavy (non-hydrogen) atoms. The monoisotopic (exact) mass is 292 g/mol. The van der Waals surface area contributed by atoms with Crippen LogP contribution < -0.4 is 15.4 Å². The van der Waals surface area contributed by atoms with E-state index in [1.165, 1.54) is 0 Å². The van der Waals surface area contributed by atoms with Crippen LogP contribution in [0.25, 0.3) is 0 Å². The number of hydrogen-bond donors (Lipinski definition) is 2. The lowest BCUT2D eigenvalue weighted by molar-refractivity contribution is -0.123. The first-order chi connectivity index (χ1) is 10.0. The Bertz CT molecular complexity index is 433. The van der Waals surface area contributed by atoms with Crippen LogP contribution in [0.3, 0.4) is 0 Å². The van der Waals surface area contributed by atoms with Crippen molar-refractivity contribution in [3.05, 3.63) is 29.8 Å². The van der Waals surface area contributed by atoms with Crippen molar-refractivity contribution < 1.29 is 9.53 Å². The van der Waals surface area contributed by atoms with E-state index in [9.17, 15) is 4.79 Å². The van der Waals surface area contributed by atoms with Crippen molar-refractivity contribution in [1.29, 1.82) is 0 Å². The first kappa shape index (κ1) is 17.5. The van der Waals surface area contributed by atoms with Crippen molar-refractivity contribution in [2.75, 3.05) is 19.7 Å². The van der Waals surface area contributed by atoms with Crippen molar-refractivity contribution >= 4 is 5.91 Å². The van der Waals surface area contributed by atoms with Crippen LogP contribution in [0.4, 0.5) is 0 Å². The van der Waals surface area contributed by atoms with Gasteiger partial charge in [0.25, 0.3) is 5.91 Å². The smallest absolute Gasteiger partial charge is 0.257 e. The third kappa shape index (κ3) is 6.63. The molecule has 4 nitrogen and oxygen atoms in total. The van der Waals surface area contributed by atoms with Gasteiger partial charge in [-0.3, -0.25) is 4.79 Å². The van der Waals surface area contributed by atoms with E-state index in [1.54, 1.807) is 0 Å². The minimum Gasteiger partial charge on any atom is -0.483 e. The molecule has 0 bridgehead atoms. The fourth-order valence-corrected chi connectivity index (χ4v) is 1.95. The second kappa shape index (κ2) is 9.40. The van der Waals surface area contributed by atoms with E-state index in [0.717, 1.165) is 24.3 Å². The Morgan fingerprint density at radius 3 is 2.62 bits per heavy atom. The van der Waals surface area contributed by atoms with Crippen LogP contribution in [0.5, 0.6) is 5.75 Å². The standard InChI is InChI=1S/C17H28N2O2/c1-5-10-18-14(4)15-8-6-7-9-16(15)21-12-17(20)19-11-13(2)3/h6-9,13-14,18H,5,10-12H2,1-4H3,(H,19,20). The Kier molecular flexibility index (Phi) is 7.83. The van der Waals surface area contributed by atoms with Crippen LogP contribution in [0.1, 0.15) is 45.7 Å². The highest BCUT2D eigenvalue weighted by atomic mass is 16.5. The molecule has 0 fully saturated rings. The fraction of sp³-hybridized carbons (Fsp3) is 0.588. The van der Waals surface area contributed by atoms with E-state index >= 15 is 0 Å². The second-order valence-electron chi connectivity index (χ2n) is 5.70. The summed E-state index contributed by atoms with van der Waals surface area (Å²) < 4.78 is 5.68. The van der Waals surface area contributed by atoms with Crippen LogP contribution >= 0.6 is 0 Å². The summed E-state index contributed by atoms with van der Waals surface area (Å²) in [6.45, 7) is 10.1. The Hall–Kier alpha value is -1.55. The zero-order chi connectivity index (χ0) is 15.7. The van der Waals surface area contributed by atoms with Crippen LogP contribution in [0.15, 0.2) is 24.3 Å². The average molecular weight is 292 g/mol. The summed E-state index contributed by atoms with van der Waals surface area (Å²) in [7, 11) is 0. The molecule has 0 heterocycles. The normalized spacial score (nSPS) is 12.2. The number of ether oxygens (including phenoxy) is 1. The molecule has 1 aromatic rings. The lowest BCUT2D eigenvalue weighted by atomic mass is 10.1. The minimum atomic E-state index is -0.0762. The summed E-state index contributed by atoms with van der Waals surface area (Å²) in [6.07, 6.45) is 1.09. The largest absolute Gasteiger partial charge is 0.483 e. The molecule has 0 radical (unpaired) electrons. The highest BCUT2D eigenvalue weighted by molar-refractivity contribution is 5.77. The molecule has 4 heteroatoms. The second-order valence-corrected chi connectivity index (χ2v) is 5.70. The van der Waals surface area contributed by atoms with E-state index in [4.69, 9.17) is 4.74 Å². The highest BCUT2D eigenvalue weighted by Crippen LogP contribution is 2.24. The Labute approximate surface area is 128 Å². The van der Waals surface area contributed by atoms with Crippen molar-refractivity contribution in [2.45, 2.75) is 40.2 Å².